The Morgan fingerprint density at radius 3 is 2.60 bits per heavy atom. The summed E-state index contributed by atoms with van der Waals surface area (Å²) in [5.41, 5.74) is 4.90. The molecule has 0 aromatic carbocycles. The summed E-state index contributed by atoms with van der Waals surface area (Å²) < 4.78 is 5.30. The van der Waals surface area contributed by atoms with E-state index in [4.69, 9.17) is 10.2 Å². The zero-order valence-electron chi connectivity index (χ0n) is 11.4. The van der Waals surface area contributed by atoms with E-state index in [0.29, 0.717) is 30.2 Å². The Hall–Kier alpha value is -1.85. The topological polar surface area (TPSA) is 98.2 Å². The number of aromatic nitrogens is 1. The molecule has 108 valence electrons. The molecule has 2 aliphatic rings. The fourth-order valence-electron chi connectivity index (χ4n) is 2.93. The van der Waals surface area contributed by atoms with Gasteiger partial charge in [0.2, 0.25) is 5.91 Å². The predicted octanol–water partition coefficient (Wildman–Crippen LogP) is 1.47. The molecule has 0 aliphatic heterocycles. The van der Waals surface area contributed by atoms with Gasteiger partial charge in [-0.3, -0.25) is 9.59 Å². The van der Waals surface area contributed by atoms with Gasteiger partial charge in [-0.05, 0) is 25.7 Å². The summed E-state index contributed by atoms with van der Waals surface area (Å²) in [5, 5.41) is 2.82. The molecule has 1 aromatic rings. The van der Waals surface area contributed by atoms with Crippen LogP contribution in [0.2, 0.25) is 0 Å². The summed E-state index contributed by atoms with van der Waals surface area (Å²) in [6.07, 6.45) is 7.42. The number of oxazole rings is 1. The molecule has 2 amide bonds. The van der Waals surface area contributed by atoms with Crippen LogP contribution in [0.1, 0.15) is 67.1 Å². The van der Waals surface area contributed by atoms with Gasteiger partial charge in [-0.2, -0.15) is 0 Å². The van der Waals surface area contributed by atoms with Crippen molar-refractivity contribution >= 4 is 11.8 Å². The second kappa shape index (κ2) is 4.92. The van der Waals surface area contributed by atoms with E-state index < -0.39 is 11.4 Å². The van der Waals surface area contributed by atoms with Gasteiger partial charge in [0, 0.05) is 5.92 Å². The quantitative estimate of drug-likeness (QED) is 0.870. The number of nitrogens with zero attached hydrogens (tertiary/aromatic N) is 1. The molecule has 2 saturated carbocycles. The van der Waals surface area contributed by atoms with Crippen molar-refractivity contribution in [3.05, 3.63) is 17.8 Å². The number of primary amides is 1. The highest BCUT2D eigenvalue weighted by atomic mass is 16.3. The SMILES string of the molecule is NC(=O)C1(NC(=O)c2ncoc2C2CC2)CCCCC1. The van der Waals surface area contributed by atoms with Crippen LogP contribution >= 0.6 is 0 Å². The molecule has 3 rings (SSSR count). The average Bonchev–Trinajstić information content (AvgIpc) is 3.16. The fraction of sp³-hybridized carbons (Fsp3) is 0.643. The van der Waals surface area contributed by atoms with Gasteiger partial charge in [-0.25, -0.2) is 4.98 Å². The van der Waals surface area contributed by atoms with Crippen molar-refractivity contribution in [1.29, 1.82) is 0 Å². The highest BCUT2D eigenvalue weighted by molar-refractivity contribution is 5.98. The Morgan fingerprint density at radius 1 is 1.30 bits per heavy atom. The minimum absolute atomic E-state index is 0.300. The molecule has 0 atom stereocenters. The summed E-state index contributed by atoms with van der Waals surface area (Å²) in [7, 11) is 0. The van der Waals surface area contributed by atoms with Gasteiger partial charge in [0.25, 0.3) is 5.91 Å². The molecule has 6 heteroatoms. The summed E-state index contributed by atoms with van der Waals surface area (Å²) in [4.78, 5) is 28.2. The van der Waals surface area contributed by atoms with Gasteiger partial charge in [0.15, 0.2) is 12.1 Å². The van der Waals surface area contributed by atoms with Crippen molar-refractivity contribution < 1.29 is 14.0 Å². The summed E-state index contributed by atoms with van der Waals surface area (Å²) in [6, 6.07) is 0. The molecule has 20 heavy (non-hydrogen) atoms. The first kappa shape index (κ1) is 13.1. The second-order valence-corrected chi connectivity index (χ2v) is 5.80. The Morgan fingerprint density at radius 2 is 2.00 bits per heavy atom. The number of amides is 2. The Balaban J connectivity index is 1.79. The smallest absolute Gasteiger partial charge is 0.274 e. The van der Waals surface area contributed by atoms with E-state index in [2.05, 4.69) is 10.3 Å². The Kier molecular flexibility index (Phi) is 3.23. The van der Waals surface area contributed by atoms with Crippen LogP contribution in [0.3, 0.4) is 0 Å². The average molecular weight is 277 g/mol. The van der Waals surface area contributed by atoms with Crippen LogP contribution in [-0.4, -0.2) is 22.3 Å². The third kappa shape index (κ3) is 2.30. The van der Waals surface area contributed by atoms with Crippen LogP contribution in [-0.2, 0) is 4.79 Å². The van der Waals surface area contributed by atoms with Crippen LogP contribution in [0.15, 0.2) is 10.8 Å². The van der Waals surface area contributed by atoms with E-state index in [1.165, 1.54) is 6.39 Å². The molecule has 0 unspecified atom stereocenters. The number of rotatable bonds is 4. The zero-order chi connectivity index (χ0) is 14.2. The summed E-state index contributed by atoms with van der Waals surface area (Å²) in [5.74, 6) is 0.135. The maximum atomic E-state index is 12.4. The first-order chi connectivity index (χ1) is 9.62. The molecule has 0 spiro atoms. The lowest BCUT2D eigenvalue weighted by Crippen LogP contribution is -2.58. The van der Waals surface area contributed by atoms with E-state index in [1.807, 2.05) is 0 Å². The first-order valence-electron chi connectivity index (χ1n) is 7.18. The molecule has 2 aliphatic carbocycles. The molecule has 0 bridgehead atoms. The van der Waals surface area contributed by atoms with E-state index in [9.17, 15) is 9.59 Å². The van der Waals surface area contributed by atoms with Gasteiger partial charge in [0.1, 0.15) is 11.3 Å². The van der Waals surface area contributed by atoms with Crippen molar-refractivity contribution in [1.82, 2.24) is 10.3 Å². The molecule has 3 N–H and O–H groups in total. The number of carbonyl (C=O) groups is 2. The van der Waals surface area contributed by atoms with Gasteiger partial charge in [-0.1, -0.05) is 19.3 Å². The maximum Gasteiger partial charge on any atom is 0.274 e. The number of hydrogen-bond acceptors (Lipinski definition) is 4. The van der Waals surface area contributed by atoms with Gasteiger partial charge < -0.3 is 15.5 Å². The molecule has 1 aromatic heterocycles. The van der Waals surface area contributed by atoms with E-state index >= 15 is 0 Å². The van der Waals surface area contributed by atoms with Crippen LogP contribution < -0.4 is 11.1 Å². The Labute approximate surface area is 117 Å². The lowest BCUT2D eigenvalue weighted by molar-refractivity contribution is -0.125. The lowest BCUT2D eigenvalue weighted by Gasteiger charge is -2.34. The largest absolute Gasteiger partial charge is 0.447 e. The van der Waals surface area contributed by atoms with Crippen molar-refractivity contribution in [3.8, 4) is 0 Å². The van der Waals surface area contributed by atoms with Crippen molar-refractivity contribution in [2.45, 2.75) is 56.4 Å². The zero-order valence-corrected chi connectivity index (χ0v) is 11.4. The molecule has 0 saturated heterocycles. The molecular weight excluding hydrogens is 258 g/mol. The normalized spacial score (nSPS) is 21.4. The highest BCUT2D eigenvalue weighted by Crippen LogP contribution is 2.41. The van der Waals surface area contributed by atoms with Crippen molar-refractivity contribution in [2.75, 3.05) is 0 Å². The highest BCUT2D eigenvalue weighted by Gasteiger charge is 2.41. The summed E-state index contributed by atoms with van der Waals surface area (Å²) >= 11 is 0. The van der Waals surface area contributed by atoms with Gasteiger partial charge >= 0.3 is 0 Å². The molecule has 1 heterocycles. The number of nitrogens with two attached hydrogens (primary N) is 1. The predicted molar refractivity (Wildman–Crippen MR) is 71.0 cm³/mol. The summed E-state index contributed by atoms with van der Waals surface area (Å²) in [6.45, 7) is 0. The van der Waals surface area contributed by atoms with E-state index in [-0.39, 0.29) is 5.91 Å². The number of nitrogens with one attached hydrogen (secondary N) is 1. The minimum atomic E-state index is -0.922. The molecular formula is C14H19N3O3. The third-order valence-electron chi connectivity index (χ3n) is 4.29. The second-order valence-electron chi connectivity index (χ2n) is 5.80. The first-order valence-corrected chi connectivity index (χ1v) is 7.18. The monoisotopic (exact) mass is 277 g/mol. The molecule has 0 radical (unpaired) electrons. The van der Waals surface area contributed by atoms with Gasteiger partial charge in [-0.15, -0.1) is 0 Å². The van der Waals surface area contributed by atoms with Crippen LogP contribution in [0, 0.1) is 0 Å². The van der Waals surface area contributed by atoms with Crippen LogP contribution in [0.5, 0.6) is 0 Å². The fourth-order valence-corrected chi connectivity index (χ4v) is 2.93. The minimum Gasteiger partial charge on any atom is -0.447 e. The number of hydrogen-bond donors (Lipinski definition) is 2. The van der Waals surface area contributed by atoms with E-state index in [1.54, 1.807) is 0 Å². The van der Waals surface area contributed by atoms with Crippen molar-refractivity contribution in [3.63, 3.8) is 0 Å². The lowest BCUT2D eigenvalue weighted by atomic mass is 9.81. The molecule has 2 fully saturated rings. The number of carbonyl (C=O) groups excluding carboxylic acids is 2. The van der Waals surface area contributed by atoms with Crippen LogP contribution in [0.25, 0.3) is 0 Å². The third-order valence-corrected chi connectivity index (χ3v) is 4.29. The van der Waals surface area contributed by atoms with E-state index in [0.717, 1.165) is 32.1 Å². The molecule has 6 nitrogen and oxygen atoms in total. The van der Waals surface area contributed by atoms with Crippen LogP contribution in [0.4, 0.5) is 0 Å². The van der Waals surface area contributed by atoms with Crippen molar-refractivity contribution in [2.24, 2.45) is 5.73 Å². The standard InChI is InChI=1S/C14H19N3O3/c15-13(19)14(6-2-1-3-7-14)17-12(18)10-11(9-4-5-9)20-8-16-10/h8-9H,1-7H2,(H2,15,19)(H,17,18). The maximum absolute atomic E-state index is 12.4. The Bertz CT molecular complexity index is 528. The van der Waals surface area contributed by atoms with Gasteiger partial charge in [0.05, 0.1) is 0 Å².